The van der Waals surface area contributed by atoms with Gasteiger partial charge in [0.05, 0.1) is 5.60 Å². The summed E-state index contributed by atoms with van der Waals surface area (Å²) < 4.78 is 44.9. The van der Waals surface area contributed by atoms with Crippen LogP contribution >= 0.6 is 0 Å². The van der Waals surface area contributed by atoms with E-state index in [2.05, 4.69) is 4.57 Å². The Hall–Kier alpha value is -4.32. The third-order valence-electron chi connectivity index (χ3n) is 9.73. The molecule has 1 N–H and O–H groups in total. The molecule has 2 fully saturated rings. The smallest absolute Gasteiger partial charge is 0.246 e. The fourth-order valence-electron chi connectivity index (χ4n) is 7.18. The third kappa shape index (κ3) is 6.22. The largest absolute Gasteiger partial charge is 0.388 e. The normalized spacial score (nSPS) is 21.4. The number of likely N-dealkylation sites (tertiary alicyclic amines) is 1. The second-order valence-corrected chi connectivity index (χ2v) is 14.6. The third-order valence-corrected chi connectivity index (χ3v) is 11.6. The second-order valence-electron chi connectivity index (χ2n) is 12.7. The van der Waals surface area contributed by atoms with Crippen molar-refractivity contribution in [1.29, 1.82) is 0 Å². The van der Waals surface area contributed by atoms with Crippen molar-refractivity contribution in [1.82, 2.24) is 18.7 Å². The summed E-state index contributed by atoms with van der Waals surface area (Å²) >= 11 is 0. The van der Waals surface area contributed by atoms with Crippen LogP contribution in [0, 0.1) is 11.7 Å². The van der Waals surface area contributed by atoms with Crippen LogP contribution in [0.5, 0.6) is 0 Å². The number of hydrogen-bond acceptors (Lipinski definition) is 6. The molecular weight excluding hydrogens is 617 g/mol. The molecular formula is C36H38FN5O4S. The molecule has 244 valence electrons. The van der Waals surface area contributed by atoms with Crippen LogP contribution in [0.3, 0.4) is 0 Å². The zero-order valence-corrected chi connectivity index (χ0v) is 26.8. The Bertz CT molecular complexity index is 1980. The molecule has 0 saturated carbocycles. The van der Waals surface area contributed by atoms with Crippen molar-refractivity contribution in [3.8, 4) is 5.69 Å². The highest BCUT2D eigenvalue weighted by atomic mass is 32.2. The van der Waals surface area contributed by atoms with Crippen molar-refractivity contribution < 1.29 is 22.7 Å². The minimum Gasteiger partial charge on any atom is -0.388 e. The Labute approximate surface area is 273 Å². The first kappa shape index (κ1) is 31.3. The van der Waals surface area contributed by atoms with Crippen molar-refractivity contribution in [3.05, 3.63) is 119 Å². The van der Waals surface area contributed by atoms with E-state index in [0.29, 0.717) is 45.6 Å². The molecule has 0 bridgehead atoms. The highest BCUT2D eigenvalue weighted by Crippen LogP contribution is 2.37. The summed E-state index contributed by atoms with van der Waals surface area (Å²) in [6.07, 6.45) is 5.23. The molecule has 1 amide bonds. The van der Waals surface area contributed by atoms with Gasteiger partial charge >= 0.3 is 0 Å². The van der Waals surface area contributed by atoms with E-state index in [4.69, 9.17) is 4.99 Å². The lowest BCUT2D eigenvalue weighted by molar-refractivity contribution is -0.142. The van der Waals surface area contributed by atoms with Crippen molar-refractivity contribution in [2.45, 2.75) is 35.7 Å². The Kier molecular flexibility index (Phi) is 8.46. The SMILES string of the molecule is O=C([C@@H]1CCN(S(=O)(=O)c2ccccc2F)C[C@H]1c1ccccc1)N1CCC(O)(CN2C=c3ccn(-c4ccccc4)c3=NC2)CC1. The van der Waals surface area contributed by atoms with Crippen molar-refractivity contribution in [2.75, 3.05) is 39.4 Å². The van der Waals surface area contributed by atoms with Gasteiger partial charge in [0, 0.05) is 67.9 Å². The van der Waals surface area contributed by atoms with Crippen molar-refractivity contribution in [2.24, 2.45) is 10.9 Å². The average molecular weight is 656 g/mol. The summed E-state index contributed by atoms with van der Waals surface area (Å²) in [6, 6.07) is 27.0. The molecule has 47 heavy (non-hydrogen) atoms. The quantitative estimate of drug-likeness (QED) is 0.330. The van der Waals surface area contributed by atoms with Crippen LogP contribution in [0.2, 0.25) is 0 Å². The number of halogens is 1. The number of carbonyl (C=O) groups is 1. The summed E-state index contributed by atoms with van der Waals surface area (Å²) in [4.78, 5) is 22.4. The van der Waals surface area contributed by atoms with E-state index in [1.807, 2.05) is 88.9 Å². The summed E-state index contributed by atoms with van der Waals surface area (Å²) in [5.74, 6) is -1.64. The van der Waals surface area contributed by atoms with Gasteiger partial charge < -0.3 is 19.5 Å². The Morgan fingerprint density at radius 1 is 0.915 bits per heavy atom. The number of para-hydroxylation sites is 1. The number of hydrogen-bond donors (Lipinski definition) is 1. The van der Waals surface area contributed by atoms with Crippen molar-refractivity contribution >= 4 is 22.1 Å². The van der Waals surface area contributed by atoms with Gasteiger partial charge in [-0.1, -0.05) is 60.7 Å². The van der Waals surface area contributed by atoms with E-state index < -0.39 is 27.4 Å². The molecule has 0 radical (unpaired) electrons. The molecule has 3 aliphatic heterocycles. The van der Waals surface area contributed by atoms with E-state index in [9.17, 15) is 22.7 Å². The first-order chi connectivity index (χ1) is 22.7. The molecule has 4 heterocycles. The average Bonchev–Trinajstić information content (AvgIpc) is 3.52. The van der Waals surface area contributed by atoms with E-state index >= 15 is 0 Å². The molecule has 1 aromatic heterocycles. The number of β-amino-alcohol motifs (C(OH)–C–C–N with tert-alkyl or cyclic N) is 1. The number of aromatic nitrogens is 1. The Morgan fingerprint density at radius 2 is 1.60 bits per heavy atom. The van der Waals surface area contributed by atoms with Gasteiger partial charge in [0.1, 0.15) is 22.9 Å². The molecule has 0 unspecified atom stereocenters. The van der Waals surface area contributed by atoms with E-state index in [1.54, 1.807) is 0 Å². The standard InChI is InChI=1S/C36H38FN5O4S/c37-32-13-7-8-14-33(32)47(45,46)41-19-16-30(31(24-41)27-9-3-1-4-10-27)35(43)40-21-17-36(44,18-22-40)25-39-23-28-15-20-42(34(28)38-26-39)29-11-5-2-6-12-29/h1-15,20,23,30-31,44H,16-19,21-22,24-26H2/t30-,31+/m1/s1. The van der Waals surface area contributed by atoms with Gasteiger partial charge in [-0.2, -0.15) is 4.31 Å². The summed E-state index contributed by atoms with van der Waals surface area (Å²) in [6.45, 7) is 1.86. The van der Waals surface area contributed by atoms with Gasteiger partial charge in [-0.15, -0.1) is 0 Å². The molecule has 9 nitrogen and oxygen atoms in total. The maximum Gasteiger partial charge on any atom is 0.246 e. The molecule has 0 spiro atoms. The molecule has 3 aliphatic rings. The fourth-order valence-corrected chi connectivity index (χ4v) is 8.72. The number of benzene rings is 3. The van der Waals surface area contributed by atoms with Crippen LogP contribution in [0.15, 0.2) is 107 Å². The van der Waals surface area contributed by atoms with Gasteiger partial charge in [0.2, 0.25) is 15.9 Å². The monoisotopic (exact) mass is 655 g/mol. The van der Waals surface area contributed by atoms with Gasteiger partial charge in [-0.05, 0) is 55.2 Å². The maximum absolute atomic E-state index is 14.6. The van der Waals surface area contributed by atoms with Crippen LogP contribution in [-0.4, -0.2) is 83.1 Å². The zero-order chi connectivity index (χ0) is 32.6. The number of amides is 1. The van der Waals surface area contributed by atoms with Gasteiger partial charge in [0.15, 0.2) is 0 Å². The minimum atomic E-state index is -4.08. The summed E-state index contributed by atoms with van der Waals surface area (Å²) in [5.41, 5.74) is 1.83. The Morgan fingerprint density at radius 3 is 2.32 bits per heavy atom. The van der Waals surface area contributed by atoms with Crippen LogP contribution in [0.25, 0.3) is 11.9 Å². The van der Waals surface area contributed by atoms with Crippen molar-refractivity contribution in [3.63, 3.8) is 0 Å². The highest BCUT2D eigenvalue weighted by Gasteiger charge is 2.43. The van der Waals surface area contributed by atoms with Gasteiger partial charge in [0.25, 0.3) is 0 Å². The number of rotatable bonds is 7. The molecule has 11 heteroatoms. The topological polar surface area (TPSA) is 98.5 Å². The summed E-state index contributed by atoms with van der Waals surface area (Å²) in [5, 5.41) is 12.6. The lowest BCUT2D eigenvalue weighted by atomic mass is 9.80. The summed E-state index contributed by atoms with van der Waals surface area (Å²) in [7, 11) is -4.08. The number of carbonyl (C=O) groups excluding carboxylic acids is 1. The van der Waals surface area contributed by atoms with Crippen LogP contribution in [-0.2, 0) is 14.8 Å². The van der Waals surface area contributed by atoms with Crippen LogP contribution in [0.1, 0.15) is 30.7 Å². The molecule has 0 aliphatic carbocycles. The molecule has 2 atom stereocenters. The number of piperidine rings is 2. The first-order valence-corrected chi connectivity index (χ1v) is 17.5. The molecule has 3 aromatic carbocycles. The lowest BCUT2D eigenvalue weighted by Gasteiger charge is -2.44. The number of aliphatic hydroxyl groups is 1. The minimum absolute atomic E-state index is 0.0322. The predicted octanol–water partition coefficient (Wildman–Crippen LogP) is 3.10. The molecule has 7 rings (SSSR count). The molecule has 2 saturated heterocycles. The number of nitrogens with zero attached hydrogens (tertiary/aromatic N) is 5. The number of sulfonamides is 1. The molecule has 4 aromatic rings. The second kappa shape index (κ2) is 12.7. The van der Waals surface area contributed by atoms with Crippen LogP contribution in [0.4, 0.5) is 4.39 Å². The predicted molar refractivity (Wildman–Crippen MR) is 176 cm³/mol. The highest BCUT2D eigenvalue weighted by molar-refractivity contribution is 7.89. The maximum atomic E-state index is 14.6. The van der Waals surface area contributed by atoms with Crippen LogP contribution < -0.4 is 10.7 Å². The fraction of sp³-hybridized carbons (Fsp3) is 0.333. The van der Waals surface area contributed by atoms with E-state index in [-0.39, 0.29) is 29.8 Å². The first-order valence-electron chi connectivity index (χ1n) is 16.1. The van der Waals surface area contributed by atoms with Gasteiger partial charge in [-0.25, -0.2) is 17.8 Å². The van der Waals surface area contributed by atoms with E-state index in [0.717, 1.165) is 28.0 Å². The van der Waals surface area contributed by atoms with E-state index in [1.165, 1.54) is 22.5 Å². The zero-order valence-electron chi connectivity index (χ0n) is 26.0. The lowest BCUT2D eigenvalue weighted by Crippen LogP contribution is -2.55. The Balaban J connectivity index is 1.03. The van der Waals surface area contributed by atoms with Gasteiger partial charge in [-0.3, -0.25) is 4.79 Å². The number of fused-ring (bicyclic) bond motifs is 1.